The number of hydrogen-bond donors (Lipinski definition) is 0. The fourth-order valence-electron chi connectivity index (χ4n) is 13.3. The summed E-state index contributed by atoms with van der Waals surface area (Å²) in [5.41, 5.74) is 26.5. The van der Waals surface area contributed by atoms with Gasteiger partial charge in [0.1, 0.15) is 0 Å². The predicted molar refractivity (Wildman–Crippen MR) is 347 cm³/mol. The molecule has 0 heterocycles. The molecular weight excluding hydrogens is 949 g/mol. The molecular formula is C79H84. The molecule has 0 unspecified atom stereocenters. The van der Waals surface area contributed by atoms with Crippen LogP contribution in [0, 0.1) is 12.3 Å². The lowest BCUT2D eigenvalue weighted by atomic mass is 9.76. The van der Waals surface area contributed by atoms with Crippen LogP contribution < -0.4 is 0 Å². The molecule has 11 rings (SSSR count). The maximum Gasteiger partial charge on any atom is 0.0327 e. The highest BCUT2D eigenvalue weighted by atomic mass is 14.4. The average molecular weight is 1030 g/mol. The molecule has 9 aromatic rings. The summed E-state index contributed by atoms with van der Waals surface area (Å²) >= 11 is 0. The third kappa shape index (κ3) is 8.73. The molecule has 0 aliphatic heterocycles. The first kappa shape index (κ1) is 54.0. The maximum atomic E-state index is 6.95. The summed E-state index contributed by atoms with van der Waals surface area (Å²) in [6.45, 7) is 46.8. The summed E-state index contributed by atoms with van der Waals surface area (Å²) in [5.74, 6) is 3.34. The Morgan fingerprint density at radius 2 is 0.861 bits per heavy atom. The van der Waals surface area contributed by atoms with Crippen molar-refractivity contribution >= 4 is 43.5 Å². The Labute approximate surface area is 474 Å². The number of allylic oxidation sites excluding steroid dienone is 4. The molecule has 9 aromatic carbocycles. The van der Waals surface area contributed by atoms with Crippen molar-refractivity contribution in [3.05, 3.63) is 201 Å². The Balaban J connectivity index is 1.17. The topological polar surface area (TPSA) is 0 Å². The summed E-state index contributed by atoms with van der Waals surface area (Å²) in [6, 6.07) is 50.6. The van der Waals surface area contributed by atoms with Gasteiger partial charge in [-0.15, -0.1) is 6.42 Å². The second-order valence-electron chi connectivity index (χ2n) is 29.8. The van der Waals surface area contributed by atoms with Crippen LogP contribution in [-0.2, 0) is 37.9 Å². The van der Waals surface area contributed by atoms with Crippen molar-refractivity contribution in [2.45, 2.75) is 176 Å². The number of rotatable bonds is 5. The lowest BCUT2D eigenvalue weighted by molar-refractivity contribution is 0.579. The van der Waals surface area contributed by atoms with Crippen molar-refractivity contribution in [1.82, 2.24) is 0 Å². The Morgan fingerprint density at radius 3 is 1.37 bits per heavy atom. The largest absolute Gasteiger partial charge is 0.115 e. The van der Waals surface area contributed by atoms with Crippen molar-refractivity contribution in [1.29, 1.82) is 0 Å². The first-order valence-electron chi connectivity index (χ1n) is 29.1. The molecule has 0 atom stereocenters. The summed E-state index contributed by atoms with van der Waals surface area (Å²) in [4.78, 5) is 0. The van der Waals surface area contributed by atoms with Gasteiger partial charge in [0.05, 0.1) is 0 Å². The Bertz CT molecular complexity index is 4100. The second-order valence-corrected chi connectivity index (χ2v) is 29.8. The smallest absolute Gasteiger partial charge is 0.0327 e. The summed E-state index contributed by atoms with van der Waals surface area (Å²) in [5, 5.41) is 7.48. The van der Waals surface area contributed by atoms with E-state index in [1.165, 1.54) is 132 Å². The number of hydrogen-bond acceptors (Lipinski definition) is 0. The standard InChI is InChI=1S/C79H84/c1-22-46(35-47(23-2)63-39-55(76(12,13)14)43-67-70(63)59-33-29-52(73(3,4)5)41-65(59)78(67,18)19)61-45-62(58-32-28-51-38-54(75(9,10)11)37-50-27-31-57(61)72(58)69(50)51)48-25-24-26-49(36-48)64-40-56(77(15,16)17)44-68-71(64)60-34-30-53(74(6,7)8)42-66(60)79(68,20)21/h1,23-45H,2-21H3/b46-35+,47-23+. The first-order chi connectivity index (χ1) is 36.7. The van der Waals surface area contributed by atoms with E-state index in [1.807, 2.05) is 0 Å². The fourth-order valence-corrected chi connectivity index (χ4v) is 13.3. The van der Waals surface area contributed by atoms with Crippen molar-refractivity contribution < 1.29 is 0 Å². The van der Waals surface area contributed by atoms with Crippen LogP contribution in [0.1, 0.15) is 200 Å². The van der Waals surface area contributed by atoms with Gasteiger partial charge in [0.2, 0.25) is 0 Å². The molecule has 79 heavy (non-hydrogen) atoms. The quantitative estimate of drug-likeness (QED) is 0.0916. The van der Waals surface area contributed by atoms with Crippen molar-refractivity contribution in [3.8, 4) is 56.9 Å². The van der Waals surface area contributed by atoms with Gasteiger partial charge < -0.3 is 0 Å². The third-order valence-corrected chi connectivity index (χ3v) is 18.4. The van der Waals surface area contributed by atoms with Crippen molar-refractivity contribution in [2.24, 2.45) is 0 Å². The molecule has 0 heteroatoms. The van der Waals surface area contributed by atoms with Gasteiger partial charge in [-0.25, -0.2) is 0 Å². The molecule has 2 aliphatic carbocycles. The lowest BCUT2D eigenvalue weighted by Gasteiger charge is -2.27. The highest BCUT2D eigenvalue weighted by Gasteiger charge is 2.41. The van der Waals surface area contributed by atoms with Crippen LogP contribution in [0.5, 0.6) is 0 Å². The van der Waals surface area contributed by atoms with E-state index in [4.69, 9.17) is 6.42 Å². The highest BCUT2D eigenvalue weighted by molar-refractivity contribution is 6.28. The van der Waals surface area contributed by atoms with Gasteiger partial charge in [0.15, 0.2) is 0 Å². The molecule has 0 radical (unpaired) electrons. The van der Waals surface area contributed by atoms with Gasteiger partial charge in [-0.3, -0.25) is 0 Å². The molecule has 0 nitrogen and oxygen atoms in total. The fraction of sp³-hybridized carbons (Fsp3) is 0.342. The first-order valence-corrected chi connectivity index (χ1v) is 29.1. The average Bonchev–Trinajstić information content (AvgIpc) is 3.54. The molecule has 0 saturated carbocycles. The number of benzene rings is 9. The van der Waals surface area contributed by atoms with Gasteiger partial charge in [-0.1, -0.05) is 247 Å². The van der Waals surface area contributed by atoms with E-state index in [0.29, 0.717) is 0 Å². The Hall–Kier alpha value is -6.94. The van der Waals surface area contributed by atoms with Gasteiger partial charge in [0.25, 0.3) is 0 Å². The Morgan fingerprint density at radius 1 is 0.405 bits per heavy atom. The molecule has 0 N–H and O–H groups in total. The minimum Gasteiger partial charge on any atom is -0.115 e. The van der Waals surface area contributed by atoms with E-state index in [-0.39, 0.29) is 37.9 Å². The minimum absolute atomic E-state index is 0.00632. The minimum atomic E-state index is -0.189. The maximum absolute atomic E-state index is 6.95. The molecule has 0 fully saturated rings. The zero-order valence-corrected chi connectivity index (χ0v) is 51.4. The predicted octanol–water partition coefficient (Wildman–Crippen LogP) is 22.1. The monoisotopic (exact) mass is 1030 g/mol. The van der Waals surface area contributed by atoms with E-state index < -0.39 is 0 Å². The van der Waals surface area contributed by atoms with E-state index in [0.717, 1.165) is 16.7 Å². The molecule has 400 valence electrons. The molecule has 0 spiro atoms. The van der Waals surface area contributed by atoms with Crippen LogP contribution in [0.15, 0.2) is 140 Å². The van der Waals surface area contributed by atoms with Crippen LogP contribution in [-0.4, -0.2) is 0 Å². The zero-order chi connectivity index (χ0) is 57.1. The lowest BCUT2D eigenvalue weighted by Crippen LogP contribution is -2.19. The van der Waals surface area contributed by atoms with Crippen molar-refractivity contribution in [3.63, 3.8) is 0 Å². The van der Waals surface area contributed by atoms with E-state index in [2.05, 4.69) is 284 Å². The SMILES string of the molecule is C#C/C(=C\C(=C/C)c1cc(C(C)(C)C)cc2c1-c1ccc(C(C)(C)C)cc1C2(C)C)c1cc(-c2cccc(-c3cc(C(C)(C)C)cc4c3-c3ccc(C(C)(C)C)cc3C4(C)C)c2)c2ccc3cc(C(C)(C)C)cc4ccc1c2c43. The van der Waals surface area contributed by atoms with E-state index in [1.54, 1.807) is 0 Å². The van der Waals surface area contributed by atoms with Crippen LogP contribution in [0.3, 0.4) is 0 Å². The van der Waals surface area contributed by atoms with Gasteiger partial charge >= 0.3 is 0 Å². The molecule has 2 aliphatic rings. The normalized spacial score (nSPS) is 15.4. The number of fused-ring (bicyclic) bond motifs is 6. The molecule has 0 aromatic heterocycles. The van der Waals surface area contributed by atoms with Gasteiger partial charge in [-0.2, -0.15) is 0 Å². The zero-order valence-electron chi connectivity index (χ0n) is 51.4. The summed E-state index contributed by atoms with van der Waals surface area (Å²) in [7, 11) is 0. The van der Waals surface area contributed by atoms with E-state index in [9.17, 15) is 0 Å². The summed E-state index contributed by atoms with van der Waals surface area (Å²) < 4.78 is 0. The van der Waals surface area contributed by atoms with Gasteiger partial charge in [0, 0.05) is 16.4 Å². The molecule has 0 saturated heterocycles. The molecule has 0 bridgehead atoms. The summed E-state index contributed by atoms with van der Waals surface area (Å²) in [6.07, 6.45) is 11.6. The number of terminal acetylenes is 1. The second kappa shape index (κ2) is 17.8. The Kier molecular flexibility index (Phi) is 12.2. The van der Waals surface area contributed by atoms with Crippen molar-refractivity contribution in [2.75, 3.05) is 0 Å². The van der Waals surface area contributed by atoms with E-state index >= 15 is 0 Å². The van der Waals surface area contributed by atoms with Crippen LogP contribution >= 0.6 is 0 Å². The van der Waals surface area contributed by atoms with Crippen LogP contribution in [0.4, 0.5) is 0 Å². The van der Waals surface area contributed by atoms with Crippen LogP contribution in [0.2, 0.25) is 0 Å². The van der Waals surface area contributed by atoms with Crippen LogP contribution in [0.25, 0.3) is 88.0 Å². The highest BCUT2D eigenvalue weighted by Crippen LogP contribution is 2.56. The third-order valence-electron chi connectivity index (χ3n) is 18.4. The molecule has 0 amide bonds. The van der Waals surface area contributed by atoms with Gasteiger partial charge in [-0.05, 0) is 208 Å².